The number of hydrogen-bond acceptors (Lipinski definition) is 4. The van der Waals surface area contributed by atoms with Gasteiger partial charge in [0, 0.05) is 0 Å². The van der Waals surface area contributed by atoms with Crippen LogP contribution in [0.4, 0.5) is 4.39 Å². The fourth-order valence-corrected chi connectivity index (χ4v) is 0.923. The molecule has 0 aliphatic heterocycles. The third-order valence-corrected chi connectivity index (χ3v) is 1.52. The third kappa shape index (κ3) is 2.69. The topological polar surface area (TPSA) is 59.4 Å². The minimum absolute atomic E-state index is 0.0922. The number of aromatic hydroxyl groups is 1. The average molecular weight is 199 g/mol. The molecule has 4 nitrogen and oxygen atoms in total. The number of pyridine rings is 1. The highest BCUT2D eigenvalue weighted by Gasteiger charge is 2.08. The highest BCUT2D eigenvalue weighted by molar-refractivity contribution is 5.71. The zero-order valence-corrected chi connectivity index (χ0v) is 7.66. The summed E-state index contributed by atoms with van der Waals surface area (Å²) < 4.78 is 17.4. The molecular weight excluding hydrogens is 189 g/mol. The molecule has 0 radical (unpaired) electrons. The van der Waals surface area contributed by atoms with E-state index in [1.165, 1.54) is 6.07 Å². The second kappa shape index (κ2) is 4.55. The van der Waals surface area contributed by atoms with E-state index in [1.54, 1.807) is 6.92 Å². The Morgan fingerprint density at radius 3 is 2.93 bits per heavy atom. The van der Waals surface area contributed by atoms with Gasteiger partial charge in [-0.1, -0.05) is 0 Å². The van der Waals surface area contributed by atoms with Crippen molar-refractivity contribution in [3.8, 4) is 5.75 Å². The van der Waals surface area contributed by atoms with Crippen molar-refractivity contribution in [1.29, 1.82) is 0 Å². The van der Waals surface area contributed by atoms with Gasteiger partial charge in [-0.2, -0.15) is 4.39 Å². The third-order valence-electron chi connectivity index (χ3n) is 1.52. The first-order valence-corrected chi connectivity index (χ1v) is 4.13. The van der Waals surface area contributed by atoms with Gasteiger partial charge in [0.2, 0.25) is 0 Å². The second-order valence-electron chi connectivity index (χ2n) is 2.59. The van der Waals surface area contributed by atoms with Gasteiger partial charge in [0.05, 0.1) is 18.7 Å². The SMILES string of the molecule is CCOC(=O)Cc1ccc(O)c(F)n1. The molecule has 1 aromatic heterocycles. The molecule has 14 heavy (non-hydrogen) atoms. The van der Waals surface area contributed by atoms with Crippen LogP contribution in [-0.4, -0.2) is 22.7 Å². The van der Waals surface area contributed by atoms with Gasteiger partial charge in [0.15, 0.2) is 5.75 Å². The Labute approximate surface area is 80.3 Å². The average Bonchev–Trinajstić information content (AvgIpc) is 2.12. The summed E-state index contributed by atoms with van der Waals surface area (Å²) >= 11 is 0. The number of carbonyl (C=O) groups is 1. The monoisotopic (exact) mass is 199 g/mol. The summed E-state index contributed by atoms with van der Waals surface area (Å²) in [6.45, 7) is 1.96. The van der Waals surface area contributed by atoms with Gasteiger partial charge in [-0.15, -0.1) is 0 Å². The van der Waals surface area contributed by atoms with Crippen molar-refractivity contribution < 1.29 is 19.0 Å². The molecule has 0 saturated carbocycles. The summed E-state index contributed by atoms with van der Waals surface area (Å²) in [6, 6.07) is 2.52. The van der Waals surface area contributed by atoms with E-state index in [0.717, 1.165) is 6.07 Å². The van der Waals surface area contributed by atoms with E-state index in [-0.39, 0.29) is 18.7 Å². The fraction of sp³-hybridized carbons (Fsp3) is 0.333. The molecule has 1 aromatic rings. The van der Waals surface area contributed by atoms with E-state index in [9.17, 15) is 9.18 Å². The molecule has 0 amide bonds. The zero-order valence-electron chi connectivity index (χ0n) is 7.66. The maximum atomic E-state index is 12.7. The molecular formula is C9H10FNO3. The van der Waals surface area contributed by atoms with Crippen molar-refractivity contribution >= 4 is 5.97 Å². The molecule has 0 aliphatic carbocycles. The lowest BCUT2D eigenvalue weighted by Crippen LogP contribution is -2.09. The van der Waals surface area contributed by atoms with Crippen molar-refractivity contribution in [3.05, 3.63) is 23.8 Å². The summed E-state index contributed by atoms with van der Waals surface area (Å²) in [7, 11) is 0. The Kier molecular flexibility index (Phi) is 3.39. The Bertz CT molecular complexity index is 341. The molecule has 1 rings (SSSR count). The van der Waals surface area contributed by atoms with Crippen LogP contribution < -0.4 is 0 Å². The van der Waals surface area contributed by atoms with E-state index in [1.807, 2.05) is 0 Å². The molecule has 0 bridgehead atoms. The first-order valence-electron chi connectivity index (χ1n) is 4.13. The van der Waals surface area contributed by atoms with Gasteiger partial charge in [0.25, 0.3) is 5.95 Å². The van der Waals surface area contributed by atoms with E-state index < -0.39 is 17.7 Å². The molecule has 0 atom stereocenters. The number of ether oxygens (including phenoxy) is 1. The Morgan fingerprint density at radius 1 is 1.64 bits per heavy atom. The molecule has 76 valence electrons. The van der Waals surface area contributed by atoms with Crippen molar-refractivity contribution in [2.24, 2.45) is 0 Å². The number of nitrogens with zero attached hydrogens (tertiary/aromatic N) is 1. The molecule has 0 saturated heterocycles. The smallest absolute Gasteiger partial charge is 0.311 e. The van der Waals surface area contributed by atoms with Crippen LogP contribution in [0, 0.1) is 5.95 Å². The van der Waals surface area contributed by atoms with E-state index >= 15 is 0 Å². The lowest BCUT2D eigenvalue weighted by molar-refractivity contribution is -0.142. The quantitative estimate of drug-likeness (QED) is 0.583. The molecule has 0 fully saturated rings. The Hall–Kier alpha value is -1.65. The van der Waals surface area contributed by atoms with Gasteiger partial charge in [-0.25, -0.2) is 4.98 Å². The summed E-state index contributed by atoms with van der Waals surface area (Å²) in [5, 5.41) is 8.83. The van der Waals surface area contributed by atoms with Crippen LogP contribution >= 0.6 is 0 Å². The molecule has 1 heterocycles. The Balaban J connectivity index is 2.68. The normalized spacial score (nSPS) is 9.86. The van der Waals surface area contributed by atoms with Crippen LogP contribution in [0.3, 0.4) is 0 Å². The number of rotatable bonds is 3. The predicted molar refractivity (Wildman–Crippen MR) is 46.2 cm³/mol. The molecule has 0 aliphatic rings. The first-order chi connectivity index (χ1) is 6.63. The lowest BCUT2D eigenvalue weighted by Gasteiger charge is -2.01. The maximum absolute atomic E-state index is 12.7. The van der Waals surface area contributed by atoms with Gasteiger partial charge in [-0.05, 0) is 19.1 Å². The molecule has 0 aromatic carbocycles. The minimum atomic E-state index is -0.980. The van der Waals surface area contributed by atoms with E-state index in [2.05, 4.69) is 9.72 Å². The number of esters is 1. The highest BCUT2D eigenvalue weighted by atomic mass is 19.1. The van der Waals surface area contributed by atoms with Crippen molar-refractivity contribution in [3.63, 3.8) is 0 Å². The van der Waals surface area contributed by atoms with Crippen LogP contribution in [0.15, 0.2) is 12.1 Å². The lowest BCUT2D eigenvalue weighted by atomic mass is 10.2. The summed E-state index contributed by atoms with van der Waals surface area (Å²) in [5.41, 5.74) is 0.235. The molecule has 5 heteroatoms. The second-order valence-corrected chi connectivity index (χ2v) is 2.59. The number of carbonyl (C=O) groups excluding carboxylic acids is 1. The summed E-state index contributed by atoms with van der Waals surface area (Å²) in [5.74, 6) is -1.98. The van der Waals surface area contributed by atoms with Gasteiger partial charge < -0.3 is 9.84 Å². The summed E-state index contributed by atoms with van der Waals surface area (Å²) in [6.07, 6.45) is -0.0922. The fourth-order valence-electron chi connectivity index (χ4n) is 0.923. The number of hydrogen-bond donors (Lipinski definition) is 1. The van der Waals surface area contributed by atoms with Crippen molar-refractivity contribution in [2.75, 3.05) is 6.61 Å². The van der Waals surface area contributed by atoms with Crippen LogP contribution in [0.5, 0.6) is 5.75 Å². The Morgan fingerprint density at radius 2 is 2.36 bits per heavy atom. The van der Waals surface area contributed by atoms with Crippen molar-refractivity contribution in [1.82, 2.24) is 4.98 Å². The van der Waals surface area contributed by atoms with Crippen LogP contribution in [0.25, 0.3) is 0 Å². The van der Waals surface area contributed by atoms with E-state index in [4.69, 9.17) is 5.11 Å². The number of aromatic nitrogens is 1. The zero-order chi connectivity index (χ0) is 10.6. The van der Waals surface area contributed by atoms with Crippen LogP contribution in [0.1, 0.15) is 12.6 Å². The van der Waals surface area contributed by atoms with Crippen molar-refractivity contribution in [2.45, 2.75) is 13.3 Å². The first kappa shape index (κ1) is 10.4. The maximum Gasteiger partial charge on any atom is 0.311 e. The van der Waals surface area contributed by atoms with Gasteiger partial charge >= 0.3 is 5.97 Å². The van der Waals surface area contributed by atoms with Gasteiger partial charge in [0.1, 0.15) is 0 Å². The number of halogens is 1. The molecule has 0 unspecified atom stereocenters. The van der Waals surface area contributed by atoms with Crippen LogP contribution in [0.2, 0.25) is 0 Å². The predicted octanol–water partition coefficient (Wildman–Crippen LogP) is 1.03. The largest absolute Gasteiger partial charge is 0.504 e. The van der Waals surface area contributed by atoms with Crippen LogP contribution in [-0.2, 0) is 16.0 Å². The minimum Gasteiger partial charge on any atom is -0.504 e. The summed E-state index contributed by atoms with van der Waals surface area (Å²) in [4.78, 5) is 14.3. The van der Waals surface area contributed by atoms with Gasteiger partial charge in [-0.3, -0.25) is 4.79 Å². The standard InChI is InChI=1S/C9H10FNO3/c1-2-14-8(13)5-6-3-4-7(12)9(10)11-6/h3-4,12H,2,5H2,1H3. The molecule has 1 N–H and O–H groups in total. The highest BCUT2D eigenvalue weighted by Crippen LogP contribution is 2.12. The molecule has 0 spiro atoms. The van der Waals surface area contributed by atoms with E-state index in [0.29, 0.717) is 0 Å².